The molecular weight excluding hydrogens is 328 g/mol. The van der Waals surface area contributed by atoms with E-state index in [1.54, 1.807) is 12.1 Å². The number of benzene rings is 1. The minimum Gasteiger partial charge on any atom is -0.401 e. The van der Waals surface area contributed by atoms with E-state index in [2.05, 4.69) is 21.2 Å². The van der Waals surface area contributed by atoms with Gasteiger partial charge < -0.3 is 9.73 Å². The molecule has 0 saturated carbocycles. The van der Waals surface area contributed by atoms with Crippen molar-refractivity contribution in [1.82, 2.24) is 0 Å². The normalized spacial score (nSPS) is 15.2. The summed E-state index contributed by atoms with van der Waals surface area (Å²) in [6.07, 6.45) is 1.49. The Morgan fingerprint density at radius 3 is 2.80 bits per heavy atom. The van der Waals surface area contributed by atoms with Crippen molar-refractivity contribution in [2.75, 3.05) is 5.32 Å². The summed E-state index contributed by atoms with van der Waals surface area (Å²) >= 11 is 3.34. The summed E-state index contributed by atoms with van der Waals surface area (Å²) in [4.78, 5) is 21.9. The second-order valence-electron chi connectivity index (χ2n) is 4.14. The lowest BCUT2D eigenvalue weighted by Gasteiger charge is -1.98. The van der Waals surface area contributed by atoms with Crippen LogP contribution in [0.5, 0.6) is 0 Å². The van der Waals surface area contributed by atoms with Crippen LogP contribution in [0.25, 0.3) is 11.6 Å². The van der Waals surface area contributed by atoms with Gasteiger partial charge in [-0.3, -0.25) is 14.9 Å². The van der Waals surface area contributed by atoms with Gasteiger partial charge in [0.1, 0.15) is 10.7 Å². The van der Waals surface area contributed by atoms with Crippen molar-refractivity contribution in [3.8, 4) is 0 Å². The molecule has 1 aromatic carbocycles. The maximum absolute atomic E-state index is 11.9. The van der Waals surface area contributed by atoms with Crippen molar-refractivity contribution in [3.63, 3.8) is 0 Å². The van der Waals surface area contributed by atoms with Gasteiger partial charge in [0.15, 0.2) is 0 Å². The molecule has 0 atom stereocenters. The van der Waals surface area contributed by atoms with E-state index >= 15 is 0 Å². The van der Waals surface area contributed by atoms with Crippen LogP contribution < -0.4 is 5.32 Å². The maximum atomic E-state index is 11.9. The van der Waals surface area contributed by atoms with Gasteiger partial charge in [-0.05, 0) is 30.3 Å². The molecule has 1 aliphatic heterocycles. The molecule has 0 aliphatic carbocycles. The van der Waals surface area contributed by atoms with E-state index in [1.165, 1.54) is 18.2 Å². The molecule has 20 heavy (non-hydrogen) atoms. The molecule has 0 unspecified atom stereocenters. The highest BCUT2D eigenvalue weighted by atomic mass is 79.9. The molecule has 1 amide bonds. The Morgan fingerprint density at radius 1 is 1.30 bits per heavy atom. The molecule has 0 bridgehead atoms. The number of amides is 1. The molecule has 0 fully saturated rings. The highest BCUT2D eigenvalue weighted by molar-refractivity contribution is 9.10. The first-order valence-corrected chi connectivity index (χ1v) is 6.41. The average Bonchev–Trinajstić information content (AvgIpc) is 2.97. The summed E-state index contributed by atoms with van der Waals surface area (Å²) in [5.74, 6) is -0.364. The zero-order chi connectivity index (χ0) is 14.3. The first kappa shape index (κ1) is 12.6. The third-order valence-electron chi connectivity index (χ3n) is 2.84. The molecule has 2 aromatic rings. The van der Waals surface area contributed by atoms with Crippen LogP contribution in [0, 0.1) is 10.1 Å². The predicted octanol–water partition coefficient (Wildman–Crippen LogP) is 3.44. The van der Waals surface area contributed by atoms with Crippen molar-refractivity contribution >= 4 is 45.1 Å². The Balaban J connectivity index is 2.05. The number of halogens is 1. The number of furan rings is 1. The summed E-state index contributed by atoms with van der Waals surface area (Å²) in [6.45, 7) is 0. The number of fused-ring (bicyclic) bond motifs is 1. The van der Waals surface area contributed by atoms with Crippen molar-refractivity contribution in [1.29, 1.82) is 0 Å². The van der Waals surface area contributed by atoms with E-state index in [4.69, 9.17) is 4.42 Å². The quantitative estimate of drug-likeness (QED) is 0.517. The number of anilines is 1. The first-order chi connectivity index (χ1) is 9.54. The standard InChI is InChI=1S/C13H7BrN2O4/c14-7-1-3-11-9(5-7)10(13(17)15-11)6-8-2-4-12(20-8)16(18)19/h1-6H,(H,15,17). The van der Waals surface area contributed by atoms with Gasteiger partial charge in [0.2, 0.25) is 0 Å². The zero-order valence-electron chi connectivity index (χ0n) is 9.92. The van der Waals surface area contributed by atoms with Crippen LogP contribution in [-0.2, 0) is 4.79 Å². The second-order valence-corrected chi connectivity index (χ2v) is 5.05. The molecule has 0 radical (unpaired) electrons. The molecule has 1 aliphatic rings. The lowest BCUT2D eigenvalue weighted by molar-refractivity contribution is -0.402. The smallest absolute Gasteiger partial charge is 0.401 e. The molecule has 2 heterocycles. The van der Waals surface area contributed by atoms with Crippen LogP contribution in [-0.4, -0.2) is 10.8 Å². The molecule has 3 rings (SSSR count). The second kappa shape index (κ2) is 4.61. The van der Waals surface area contributed by atoms with Gasteiger partial charge >= 0.3 is 5.88 Å². The third-order valence-corrected chi connectivity index (χ3v) is 3.34. The van der Waals surface area contributed by atoms with Crippen LogP contribution in [0.2, 0.25) is 0 Å². The number of hydrogen-bond acceptors (Lipinski definition) is 4. The molecule has 7 heteroatoms. The van der Waals surface area contributed by atoms with E-state index in [0.717, 1.165) is 10.0 Å². The van der Waals surface area contributed by atoms with E-state index in [0.29, 0.717) is 11.3 Å². The Bertz CT molecular complexity index is 763. The Hall–Kier alpha value is -2.41. The molecular formula is C13H7BrN2O4. The topological polar surface area (TPSA) is 85.4 Å². The fourth-order valence-electron chi connectivity index (χ4n) is 1.96. The van der Waals surface area contributed by atoms with E-state index < -0.39 is 4.92 Å². The number of nitrogens with one attached hydrogen (secondary N) is 1. The van der Waals surface area contributed by atoms with E-state index in [1.807, 2.05) is 6.07 Å². The monoisotopic (exact) mass is 334 g/mol. The summed E-state index contributed by atoms with van der Waals surface area (Å²) in [6, 6.07) is 8.11. The maximum Gasteiger partial charge on any atom is 0.433 e. The lowest BCUT2D eigenvalue weighted by atomic mass is 10.1. The molecule has 1 aromatic heterocycles. The van der Waals surface area contributed by atoms with Crippen LogP contribution in [0.15, 0.2) is 39.2 Å². The average molecular weight is 335 g/mol. The fourth-order valence-corrected chi connectivity index (χ4v) is 2.32. The van der Waals surface area contributed by atoms with Crippen molar-refractivity contribution in [2.45, 2.75) is 0 Å². The number of carbonyl (C=O) groups is 1. The minimum absolute atomic E-state index is 0.259. The third kappa shape index (κ3) is 2.12. The van der Waals surface area contributed by atoms with Crippen LogP contribution in [0.1, 0.15) is 11.3 Å². The SMILES string of the molecule is O=C1Nc2ccc(Br)cc2C1=Cc1ccc([N+](=O)[O-])o1. The fraction of sp³-hybridized carbons (Fsp3) is 0. The van der Waals surface area contributed by atoms with Crippen molar-refractivity contribution in [3.05, 3.63) is 56.2 Å². The van der Waals surface area contributed by atoms with Gasteiger partial charge in [-0.15, -0.1) is 0 Å². The Kier molecular flexibility index (Phi) is 2.90. The summed E-state index contributed by atoms with van der Waals surface area (Å²) < 4.78 is 5.87. The molecule has 1 N–H and O–H groups in total. The van der Waals surface area contributed by atoms with Crippen molar-refractivity contribution < 1.29 is 14.1 Å². The van der Waals surface area contributed by atoms with Crippen LogP contribution in [0.3, 0.4) is 0 Å². The highest BCUT2D eigenvalue weighted by Gasteiger charge is 2.25. The van der Waals surface area contributed by atoms with Crippen LogP contribution in [0.4, 0.5) is 11.6 Å². The van der Waals surface area contributed by atoms with E-state index in [-0.39, 0.29) is 17.6 Å². The van der Waals surface area contributed by atoms with Gasteiger partial charge in [-0.2, -0.15) is 0 Å². The number of nitrogens with zero attached hydrogens (tertiary/aromatic N) is 1. The number of hydrogen-bond donors (Lipinski definition) is 1. The van der Waals surface area contributed by atoms with Gasteiger partial charge in [0, 0.05) is 15.7 Å². The summed E-state index contributed by atoms with van der Waals surface area (Å²) in [5, 5.41) is 13.3. The number of rotatable bonds is 2. The highest BCUT2D eigenvalue weighted by Crippen LogP contribution is 2.35. The van der Waals surface area contributed by atoms with Gasteiger partial charge in [0.05, 0.1) is 11.6 Å². The summed E-state index contributed by atoms with van der Waals surface area (Å²) in [5.41, 5.74) is 1.83. The first-order valence-electron chi connectivity index (χ1n) is 5.62. The molecule has 100 valence electrons. The van der Waals surface area contributed by atoms with Crippen LogP contribution >= 0.6 is 15.9 Å². The van der Waals surface area contributed by atoms with Gasteiger partial charge in [-0.1, -0.05) is 15.9 Å². The van der Waals surface area contributed by atoms with Gasteiger partial charge in [-0.25, -0.2) is 0 Å². The lowest BCUT2D eigenvalue weighted by Crippen LogP contribution is -2.03. The van der Waals surface area contributed by atoms with Gasteiger partial charge in [0.25, 0.3) is 5.91 Å². The Morgan fingerprint density at radius 2 is 2.10 bits per heavy atom. The number of carbonyl (C=O) groups excluding carboxylic acids is 1. The largest absolute Gasteiger partial charge is 0.433 e. The Labute approximate surface area is 121 Å². The zero-order valence-corrected chi connectivity index (χ0v) is 11.5. The predicted molar refractivity (Wildman–Crippen MR) is 76.0 cm³/mol. The number of nitro groups is 1. The molecule has 0 saturated heterocycles. The summed E-state index contributed by atoms with van der Waals surface area (Å²) in [7, 11) is 0. The molecule has 0 spiro atoms. The van der Waals surface area contributed by atoms with E-state index in [9.17, 15) is 14.9 Å². The minimum atomic E-state index is -0.624. The molecule has 6 nitrogen and oxygen atoms in total. The van der Waals surface area contributed by atoms with Crippen molar-refractivity contribution in [2.24, 2.45) is 0 Å².